The van der Waals surface area contributed by atoms with Gasteiger partial charge in [0.05, 0.1) is 12.8 Å². The first-order chi connectivity index (χ1) is 22.6. The first-order valence-corrected chi connectivity index (χ1v) is 17.8. The molecule has 1 unspecified atom stereocenters. The molecule has 0 bridgehead atoms. The minimum Gasteiger partial charge on any atom is -0.464 e. The Labute approximate surface area is 277 Å². The van der Waals surface area contributed by atoms with E-state index in [1.165, 1.54) is 0 Å². The van der Waals surface area contributed by atoms with Gasteiger partial charge in [0.2, 0.25) is 0 Å². The molecule has 7 rings (SSSR count). The minimum absolute atomic E-state index is 0.123. The molecule has 0 radical (unpaired) electrons. The molecular formula is C37H33IN2O6. The van der Waals surface area contributed by atoms with Crippen molar-refractivity contribution in [1.82, 2.24) is 0 Å². The molecule has 1 spiro atoms. The molecule has 46 heavy (non-hydrogen) atoms. The molecule has 1 atom stereocenters. The molecule has 2 aliphatic heterocycles. The van der Waals surface area contributed by atoms with Gasteiger partial charge in [-0.3, -0.25) is 0 Å². The molecule has 1 aliphatic carbocycles. The van der Waals surface area contributed by atoms with Crippen LogP contribution in [0.2, 0.25) is 0 Å². The molecule has 1 saturated carbocycles. The predicted octanol–water partition coefficient (Wildman–Crippen LogP) is 7.30. The number of benzene rings is 4. The van der Waals surface area contributed by atoms with E-state index in [2.05, 4.69) is 17.2 Å². The summed E-state index contributed by atoms with van der Waals surface area (Å²) in [5.41, 5.74) is 3.26. The fourth-order valence-electron chi connectivity index (χ4n) is 5.96. The van der Waals surface area contributed by atoms with Crippen molar-refractivity contribution in [2.45, 2.75) is 57.0 Å². The molecule has 4 aromatic rings. The standard InChI is InChI=1S/C37H33IN2O6/c41-35-32(36(42)46-37(45-35)21-7-8-22-37)38-29-19-17-27(18-20-29)33(26-11-2-1-3-12-26)40-39-24-28-16-15-25-10-4-5-13-30(25)34(28)44-31-14-6-9-23-43-31/h1-5,10-13,15-20,24,31H,6-9,14,21-23H2/b39-24+,40-33+. The molecule has 3 fully saturated rings. The minimum atomic E-state index is -1.09. The average Bonchev–Trinajstić information content (AvgIpc) is 3.54. The second kappa shape index (κ2) is 13.6. The fraction of sp³-hybridized carbons (Fsp3) is 0.270. The molecule has 9 heteroatoms. The van der Waals surface area contributed by atoms with Crippen LogP contribution in [0.15, 0.2) is 101 Å². The van der Waals surface area contributed by atoms with Gasteiger partial charge in [-0.2, -0.15) is 5.10 Å². The van der Waals surface area contributed by atoms with E-state index >= 15 is 0 Å². The van der Waals surface area contributed by atoms with E-state index in [1.807, 2.05) is 78.9 Å². The smallest absolute Gasteiger partial charge is 0.354 e. The fourth-order valence-corrected chi connectivity index (χ4v) is 7.96. The Bertz CT molecular complexity index is 1820. The Morgan fingerprint density at radius 1 is 0.804 bits per heavy atom. The van der Waals surface area contributed by atoms with Crippen LogP contribution in [0.4, 0.5) is 0 Å². The van der Waals surface area contributed by atoms with Crippen molar-refractivity contribution in [3.63, 3.8) is 0 Å². The van der Waals surface area contributed by atoms with Gasteiger partial charge in [-0.25, -0.2) is 9.59 Å². The molecule has 0 N–H and O–H groups in total. The zero-order valence-electron chi connectivity index (χ0n) is 25.2. The lowest BCUT2D eigenvalue weighted by Crippen LogP contribution is -2.48. The van der Waals surface area contributed by atoms with E-state index in [9.17, 15) is 9.59 Å². The molecule has 2 heterocycles. The predicted molar refractivity (Wildman–Crippen MR) is 185 cm³/mol. The van der Waals surface area contributed by atoms with E-state index in [1.54, 1.807) is 6.21 Å². The number of hydrogen-bond donors (Lipinski definition) is 0. The Balaban J connectivity index is 1.17. The van der Waals surface area contributed by atoms with Crippen LogP contribution in [0, 0.1) is 3.57 Å². The summed E-state index contributed by atoms with van der Waals surface area (Å²) in [6.07, 6.45) is 7.29. The van der Waals surface area contributed by atoms with Gasteiger partial charge in [-0.15, -0.1) is 5.10 Å². The van der Waals surface area contributed by atoms with Crippen LogP contribution in [0.1, 0.15) is 61.6 Å². The highest BCUT2D eigenvalue weighted by Gasteiger charge is 2.48. The number of carbonyl (C=O) groups excluding carboxylic acids is 2. The lowest BCUT2D eigenvalue weighted by Gasteiger charge is -2.32. The van der Waals surface area contributed by atoms with Crippen LogP contribution in [0.3, 0.4) is 0 Å². The SMILES string of the molecule is O=C1OC2(CCCC2)OC(=O)C1=Ic1ccc(/C(=N/N=C/c2ccc3ccccc3c2OC2CCCCO2)c2ccccc2)cc1. The molecule has 4 aromatic carbocycles. The molecular weight excluding hydrogens is 695 g/mol. The lowest BCUT2D eigenvalue weighted by molar-refractivity contribution is -0.224. The van der Waals surface area contributed by atoms with Gasteiger partial charge >= 0.3 is 11.9 Å². The zero-order chi connectivity index (χ0) is 31.3. The number of esters is 2. The van der Waals surface area contributed by atoms with Gasteiger partial charge in [0.1, 0.15) is 11.5 Å². The summed E-state index contributed by atoms with van der Waals surface area (Å²) < 4.78 is 24.6. The maximum atomic E-state index is 12.8. The number of ether oxygens (including phenoxy) is 4. The normalized spacial score (nSPS) is 19.9. The first-order valence-electron chi connectivity index (χ1n) is 15.6. The summed E-state index contributed by atoms with van der Waals surface area (Å²) >= 11 is -1.09. The van der Waals surface area contributed by atoms with Crippen molar-refractivity contribution in [1.29, 1.82) is 0 Å². The van der Waals surface area contributed by atoms with Crippen LogP contribution in [0.25, 0.3) is 10.8 Å². The molecule has 0 amide bonds. The molecule has 3 aliphatic rings. The van der Waals surface area contributed by atoms with Gasteiger partial charge in [-0.05, 0) is 49.3 Å². The van der Waals surface area contributed by atoms with Crippen LogP contribution in [0.5, 0.6) is 5.75 Å². The largest absolute Gasteiger partial charge is 0.464 e. The Morgan fingerprint density at radius 2 is 1.52 bits per heavy atom. The van der Waals surface area contributed by atoms with Crippen molar-refractivity contribution in [2.24, 2.45) is 10.2 Å². The number of carbonyl (C=O) groups is 2. The maximum absolute atomic E-state index is 12.8. The first kappa shape index (κ1) is 30.4. The molecule has 8 nitrogen and oxygen atoms in total. The van der Waals surface area contributed by atoms with Crippen LogP contribution >= 0.6 is 20.7 Å². The number of nitrogens with zero attached hydrogens (tertiary/aromatic N) is 2. The summed E-state index contributed by atoms with van der Waals surface area (Å²) in [7, 11) is 0. The third kappa shape index (κ3) is 6.66. The van der Waals surface area contributed by atoms with Gasteiger partial charge in [0.25, 0.3) is 5.79 Å². The summed E-state index contributed by atoms with van der Waals surface area (Å²) in [5, 5.41) is 11.3. The quantitative estimate of drug-likeness (QED) is 0.0859. The van der Waals surface area contributed by atoms with E-state index in [0.29, 0.717) is 25.2 Å². The monoisotopic (exact) mass is 728 g/mol. The van der Waals surface area contributed by atoms with Gasteiger partial charge < -0.3 is 18.9 Å². The summed E-state index contributed by atoms with van der Waals surface area (Å²) in [4.78, 5) is 25.6. The van der Waals surface area contributed by atoms with Gasteiger partial charge in [0, 0.05) is 44.9 Å². The second-order valence-corrected chi connectivity index (χ2v) is 14.4. The van der Waals surface area contributed by atoms with E-state index in [-0.39, 0.29) is 9.80 Å². The number of halogens is 1. The highest BCUT2D eigenvalue weighted by atomic mass is 127. The Morgan fingerprint density at radius 3 is 2.26 bits per heavy atom. The molecule has 234 valence electrons. The van der Waals surface area contributed by atoms with Gasteiger partial charge in [0.15, 0.2) is 9.80 Å². The van der Waals surface area contributed by atoms with Crippen LogP contribution in [-0.2, 0) is 23.8 Å². The highest BCUT2D eigenvalue weighted by Crippen LogP contribution is 2.38. The number of hydrogen-bond acceptors (Lipinski definition) is 8. The summed E-state index contributed by atoms with van der Waals surface area (Å²) in [6.45, 7) is 0.693. The number of rotatable bonds is 7. The van der Waals surface area contributed by atoms with Crippen molar-refractivity contribution >= 4 is 58.9 Å². The summed E-state index contributed by atoms with van der Waals surface area (Å²) in [6, 6.07) is 29.8. The van der Waals surface area contributed by atoms with Gasteiger partial charge in [-0.1, -0.05) is 93.5 Å². The average molecular weight is 729 g/mol. The number of fused-ring (bicyclic) bond motifs is 1. The maximum Gasteiger partial charge on any atom is 0.354 e. The summed E-state index contributed by atoms with van der Waals surface area (Å²) in [5.74, 6) is -1.41. The van der Waals surface area contributed by atoms with Crippen molar-refractivity contribution in [3.05, 3.63) is 111 Å². The Kier molecular flexibility index (Phi) is 9.03. The van der Waals surface area contributed by atoms with Crippen LogP contribution in [-0.4, -0.2) is 46.1 Å². The third-order valence-electron chi connectivity index (χ3n) is 8.30. The van der Waals surface area contributed by atoms with Crippen molar-refractivity contribution in [2.75, 3.05) is 6.61 Å². The Hall–Kier alpha value is -4.22. The second-order valence-electron chi connectivity index (χ2n) is 11.5. The molecule has 2 saturated heterocycles. The highest BCUT2D eigenvalue weighted by molar-refractivity contribution is 14.2. The lowest BCUT2D eigenvalue weighted by atomic mass is 10.0. The third-order valence-corrected chi connectivity index (χ3v) is 11.1. The van der Waals surface area contributed by atoms with Crippen molar-refractivity contribution < 1.29 is 28.5 Å². The molecule has 0 aromatic heterocycles. The van der Waals surface area contributed by atoms with Crippen molar-refractivity contribution in [3.8, 4) is 5.75 Å². The van der Waals surface area contributed by atoms with E-state index in [4.69, 9.17) is 24.0 Å². The van der Waals surface area contributed by atoms with E-state index in [0.717, 1.165) is 68.9 Å². The van der Waals surface area contributed by atoms with Crippen LogP contribution < -0.4 is 4.74 Å². The zero-order valence-corrected chi connectivity index (χ0v) is 27.4. The van der Waals surface area contributed by atoms with E-state index < -0.39 is 38.5 Å². The topological polar surface area (TPSA) is 95.8 Å².